The minimum absolute atomic E-state index is 0.709. The SMILES string of the molecule is FC1(CCN2CCC2)CCCNCC1. The van der Waals surface area contributed by atoms with Gasteiger partial charge in [0.1, 0.15) is 5.67 Å². The number of nitrogens with zero attached hydrogens (tertiary/aromatic N) is 1. The lowest BCUT2D eigenvalue weighted by Gasteiger charge is -2.33. The van der Waals surface area contributed by atoms with Crippen LogP contribution in [-0.2, 0) is 0 Å². The van der Waals surface area contributed by atoms with Gasteiger partial charge >= 0.3 is 0 Å². The standard InChI is InChI=1S/C11H21FN2/c12-11(3-1-6-13-7-4-11)5-10-14-8-2-9-14/h13H,1-10H2. The van der Waals surface area contributed by atoms with Crippen LogP contribution >= 0.6 is 0 Å². The lowest BCUT2D eigenvalue weighted by molar-refractivity contribution is 0.0895. The second-order valence-electron chi connectivity index (χ2n) is 4.70. The summed E-state index contributed by atoms with van der Waals surface area (Å²) in [5, 5.41) is 3.26. The molecule has 3 heteroatoms. The Kier molecular flexibility index (Phi) is 3.39. The van der Waals surface area contributed by atoms with E-state index >= 15 is 0 Å². The van der Waals surface area contributed by atoms with Gasteiger partial charge in [-0.3, -0.25) is 0 Å². The van der Waals surface area contributed by atoms with Crippen LogP contribution in [0.15, 0.2) is 0 Å². The van der Waals surface area contributed by atoms with Crippen LogP contribution in [0.1, 0.15) is 32.1 Å². The predicted molar refractivity (Wildman–Crippen MR) is 56.2 cm³/mol. The molecule has 0 aliphatic carbocycles. The molecule has 82 valence electrons. The summed E-state index contributed by atoms with van der Waals surface area (Å²) in [5.41, 5.74) is -0.876. The first-order valence-corrected chi connectivity index (χ1v) is 5.91. The van der Waals surface area contributed by atoms with E-state index in [9.17, 15) is 4.39 Å². The van der Waals surface area contributed by atoms with E-state index in [0.717, 1.165) is 38.9 Å². The maximum atomic E-state index is 14.3. The first-order valence-electron chi connectivity index (χ1n) is 5.91. The van der Waals surface area contributed by atoms with Crippen LogP contribution in [-0.4, -0.2) is 43.3 Å². The highest BCUT2D eigenvalue weighted by Crippen LogP contribution is 2.28. The van der Waals surface area contributed by atoms with E-state index < -0.39 is 5.67 Å². The zero-order chi connectivity index (χ0) is 9.86. The van der Waals surface area contributed by atoms with Crippen molar-refractivity contribution in [2.24, 2.45) is 0 Å². The van der Waals surface area contributed by atoms with Gasteiger partial charge in [0.25, 0.3) is 0 Å². The van der Waals surface area contributed by atoms with Crippen molar-refractivity contribution in [3.05, 3.63) is 0 Å². The normalized spacial score (nSPS) is 34.9. The predicted octanol–water partition coefficient (Wildman–Crippen LogP) is 1.56. The third-order valence-electron chi connectivity index (χ3n) is 3.55. The van der Waals surface area contributed by atoms with Crippen LogP contribution in [0.25, 0.3) is 0 Å². The summed E-state index contributed by atoms with van der Waals surface area (Å²) in [7, 11) is 0. The number of nitrogens with one attached hydrogen (secondary N) is 1. The van der Waals surface area contributed by atoms with Gasteiger partial charge in [0.05, 0.1) is 0 Å². The molecule has 0 aromatic heterocycles. The molecular formula is C11H21FN2. The molecule has 0 radical (unpaired) electrons. The van der Waals surface area contributed by atoms with Crippen LogP contribution in [0.4, 0.5) is 4.39 Å². The van der Waals surface area contributed by atoms with Gasteiger partial charge in [-0.25, -0.2) is 4.39 Å². The fourth-order valence-electron chi connectivity index (χ4n) is 2.31. The molecule has 0 bridgehead atoms. The van der Waals surface area contributed by atoms with E-state index in [1.807, 2.05) is 0 Å². The molecule has 14 heavy (non-hydrogen) atoms. The second-order valence-corrected chi connectivity index (χ2v) is 4.70. The average Bonchev–Trinajstić information content (AvgIpc) is 2.28. The molecule has 1 atom stereocenters. The molecule has 0 aromatic carbocycles. The van der Waals surface area contributed by atoms with Gasteiger partial charge in [-0.05, 0) is 58.3 Å². The van der Waals surface area contributed by atoms with Crippen LogP contribution in [0.2, 0.25) is 0 Å². The Hall–Kier alpha value is -0.150. The summed E-state index contributed by atoms with van der Waals surface area (Å²) in [6, 6.07) is 0. The summed E-state index contributed by atoms with van der Waals surface area (Å²) in [6.07, 6.45) is 4.51. The van der Waals surface area contributed by atoms with E-state index in [2.05, 4.69) is 10.2 Å². The summed E-state index contributed by atoms with van der Waals surface area (Å²) in [6.45, 7) is 5.20. The molecule has 1 N–H and O–H groups in total. The van der Waals surface area contributed by atoms with Crippen molar-refractivity contribution in [3.63, 3.8) is 0 Å². The maximum Gasteiger partial charge on any atom is 0.113 e. The average molecular weight is 200 g/mol. The quantitative estimate of drug-likeness (QED) is 0.744. The van der Waals surface area contributed by atoms with E-state index in [-0.39, 0.29) is 0 Å². The zero-order valence-electron chi connectivity index (χ0n) is 8.90. The molecule has 0 amide bonds. The monoisotopic (exact) mass is 200 g/mol. The molecule has 2 fully saturated rings. The number of likely N-dealkylation sites (tertiary alicyclic amines) is 1. The van der Waals surface area contributed by atoms with Gasteiger partial charge in [-0.1, -0.05) is 0 Å². The fraction of sp³-hybridized carbons (Fsp3) is 1.00. The molecule has 1 unspecified atom stereocenters. The van der Waals surface area contributed by atoms with Gasteiger partial charge in [-0.15, -0.1) is 0 Å². The highest BCUT2D eigenvalue weighted by atomic mass is 19.1. The van der Waals surface area contributed by atoms with E-state index in [1.165, 1.54) is 19.5 Å². The van der Waals surface area contributed by atoms with E-state index in [4.69, 9.17) is 0 Å². The van der Waals surface area contributed by atoms with Crippen molar-refractivity contribution in [2.75, 3.05) is 32.7 Å². The number of alkyl halides is 1. The Morgan fingerprint density at radius 3 is 2.71 bits per heavy atom. The minimum atomic E-state index is -0.876. The smallest absolute Gasteiger partial charge is 0.113 e. The van der Waals surface area contributed by atoms with Crippen LogP contribution in [0.5, 0.6) is 0 Å². The second kappa shape index (κ2) is 4.58. The third kappa shape index (κ3) is 2.67. The summed E-state index contributed by atoms with van der Waals surface area (Å²) in [5.74, 6) is 0. The number of hydrogen-bond acceptors (Lipinski definition) is 2. The highest BCUT2D eigenvalue weighted by molar-refractivity contribution is 4.85. The van der Waals surface area contributed by atoms with Gasteiger partial charge in [0.15, 0.2) is 0 Å². The largest absolute Gasteiger partial charge is 0.317 e. The minimum Gasteiger partial charge on any atom is -0.317 e. The molecule has 0 aromatic rings. The molecule has 0 saturated carbocycles. The summed E-state index contributed by atoms with van der Waals surface area (Å²) in [4.78, 5) is 2.36. The molecule has 2 aliphatic rings. The lowest BCUT2D eigenvalue weighted by atomic mass is 9.92. The van der Waals surface area contributed by atoms with Gasteiger partial charge in [0, 0.05) is 6.54 Å². The Morgan fingerprint density at radius 2 is 2.00 bits per heavy atom. The van der Waals surface area contributed by atoms with Gasteiger partial charge in [-0.2, -0.15) is 0 Å². The molecule has 2 rings (SSSR count). The number of hydrogen-bond donors (Lipinski definition) is 1. The van der Waals surface area contributed by atoms with Gasteiger partial charge in [0.2, 0.25) is 0 Å². The zero-order valence-corrected chi connectivity index (χ0v) is 8.90. The van der Waals surface area contributed by atoms with E-state index in [0.29, 0.717) is 6.42 Å². The Labute approximate surface area is 85.9 Å². The van der Waals surface area contributed by atoms with Gasteiger partial charge < -0.3 is 10.2 Å². The molecule has 2 aliphatic heterocycles. The van der Waals surface area contributed by atoms with E-state index in [1.54, 1.807) is 0 Å². The summed E-state index contributed by atoms with van der Waals surface area (Å²) >= 11 is 0. The van der Waals surface area contributed by atoms with Crippen molar-refractivity contribution in [1.29, 1.82) is 0 Å². The Balaban J connectivity index is 1.74. The third-order valence-corrected chi connectivity index (χ3v) is 3.55. The molecular weight excluding hydrogens is 179 g/mol. The number of halogens is 1. The van der Waals surface area contributed by atoms with Crippen molar-refractivity contribution in [3.8, 4) is 0 Å². The fourth-order valence-corrected chi connectivity index (χ4v) is 2.31. The van der Waals surface area contributed by atoms with Crippen molar-refractivity contribution in [1.82, 2.24) is 10.2 Å². The molecule has 2 saturated heterocycles. The van der Waals surface area contributed by atoms with Crippen LogP contribution < -0.4 is 5.32 Å². The maximum absolute atomic E-state index is 14.3. The highest BCUT2D eigenvalue weighted by Gasteiger charge is 2.31. The first kappa shape index (κ1) is 10.4. The van der Waals surface area contributed by atoms with Crippen LogP contribution in [0, 0.1) is 0 Å². The summed E-state index contributed by atoms with van der Waals surface area (Å²) < 4.78 is 14.3. The van der Waals surface area contributed by atoms with Crippen molar-refractivity contribution in [2.45, 2.75) is 37.8 Å². The molecule has 2 nitrogen and oxygen atoms in total. The van der Waals surface area contributed by atoms with Crippen molar-refractivity contribution >= 4 is 0 Å². The van der Waals surface area contributed by atoms with Crippen molar-refractivity contribution < 1.29 is 4.39 Å². The Morgan fingerprint density at radius 1 is 1.14 bits per heavy atom. The lowest BCUT2D eigenvalue weighted by Crippen LogP contribution is -2.40. The molecule has 2 heterocycles. The molecule has 0 spiro atoms. The topological polar surface area (TPSA) is 15.3 Å². The number of rotatable bonds is 3. The Bertz CT molecular complexity index is 172. The van der Waals surface area contributed by atoms with Crippen LogP contribution in [0.3, 0.4) is 0 Å². The first-order chi connectivity index (χ1) is 6.79.